The van der Waals surface area contributed by atoms with Gasteiger partial charge in [0.2, 0.25) is 5.89 Å². The largest absolute Gasteiger partial charge is 0.441 e. The summed E-state index contributed by atoms with van der Waals surface area (Å²) in [6.07, 6.45) is 3.77. The number of carbonyl (C=O) groups is 1. The van der Waals surface area contributed by atoms with E-state index in [0.717, 1.165) is 42.0 Å². The van der Waals surface area contributed by atoms with Gasteiger partial charge in [-0.2, -0.15) is 0 Å². The zero-order valence-corrected chi connectivity index (χ0v) is 15.0. The molecule has 0 N–H and O–H groups in total. The minimum absolute atomic E-state index is 0.327. The second-order valence-electron chi connectivity index (χ2n) is 5.71. The van der Waals surface area contributed by atoms with Crippen molar-refractivity contribution in [1.29, 1.82) is 0 Å². The molecule has 0 spiro atoms. The molecule has 0 atom stereocenters. The topological polar surface area (TPSA) is 43.1 Å². The summed E-state index contributed by atoms with van der Waals surface area (Å²) in [7, 11) is 0. The SMILES string of the molecule is CCCCC(=O)CSCc1nc(-c2ccc(CC)cc2)oc1C. The van der Waals surface area contributed by atoms with Crippen molar-refractivity contribution in [2.24, 2.45) is 0 Å². The van der Waals surface area contributed by atoms with Crippen LogP contribution in [0.1, 0.15) is 50.1 Å². The molecule has 2 rings (SSSR count). The van der Waals surface area contributed by atoms with E-state index in [9.17, 15) is 4.79 Å². The van der Waals surface area contributed by atoms with E-state index in [-0.39, 0.29) is 0 Å². The third kappa shape index (κ3) is 5.24. The summed E-state index contributed by atoms with van der Waals surface area (Å²) in [5.74, 6) is 3.12. The molecule has 0 saturated carbocycles. The van der Waals surface area contributed by atoms with Gasteiger partial charge in [0.05, 0.1) is 11.4 Å². The predicted octanol–water partition coefficient (Wildman–Crippen LogP) is 5.20. The Balaban J connectivity index is 1.93. The maximum Gasteiger partial charge on any atom is 0.226 e. The van der Waals surface area contributed by atoms with Crippen LogP contribution in [0, 0.1) is 6.92 Å². The van der Waals surface area contributed by atoms with E-state index >= 15 is 0 Å². The van der Waals surface area contributed by atoms with Crippen LogP contribution in [0.25, 0.3) is 11.5 Å². The monoisotopic (exact) mass is 331 g/mol. The molecule has 4 heteroatoms. The summed E-state index contributed by atoms with van der Waals surface area (Å²) >= 11 is 1.62. The number of carbonyl (C=O) groups excluding carboxylic acids is 1. The summed E-state index contributed by atoms with van der Waals surface area (Å²) < 4.78 is 5.79. The number of aryl methyl sites for hydroxylation is 2. The highest BCUT2D eigenvalue weighted by Crippen LogP contribution is 2.24. The van der Waals surface area contributed by atoms with Crippen molar-refractivity contribution < 1.29 is 9.21 Å². The molecule has 3 nitrogen and oxygen atoms in total. The lowest BCUT2D eigenvalue weighted by Gasteiger charge is -1.99. The Morgan fingerprint density at radius 2 is 1.96 bits per heavy atom. The number of hydrogen-bond acceptors (Lipinski definition) is 4. The molecule has 0 bridgehead atoms. The van der Waals surface area contributed by atoms with Crippen LogP contribution in [0.3, 0.4) is 0 Å². The Hall–Kier alpha value is -1.55. The molecule has 1 aromatic heterocycles. The molecule has 1 aromatic carbocycles. The van der Waals surface area contributed by atoms with Crippen LogP contribution in [-0.4, -0.2) is 16.5 Å². The molecule has 0 aliphatic carbocycles. The van der Waals surface area contributed by atoms with Gasteiger partial charge in [-0.25, -0.2) is 4.98 Å². The Bertz CT molecular complexity index is 631. The average Bonchev–Trinajstić information content (AvgIpc) is 2.94. The number of oxazole rings is 1. The average molecular weight is 331 g/mol. The van der Waals surface area contributed by atoms with Gasteiger partial charge < -0.3 is 4.42 Å². The van der Waals surface area contributed by atoms with Crippen molar-refractivity contribution in [3.05, 3.63) is 41.3 Å². The minimum Gasteiger partial charge on any atom is -0.441 e. The third-order valence-corrected chi connectivity index (χ3v) is 4.82. The lowest BCUT2D eigenvalue weighted by atomic mass is 10.1. The molecule has 23 heavy (non-hydrogen) atoms. The van der Waals surface area contributed by atoms with Gasteiger partial charge in [0, 0.05) is 17.7 Å². The van der Waals surface area contributed by atoms with Crippen molar-refractivity contribution >= 4 is 17.5 Å². The molecular weight excluding hydrogens is 306 g/mol. The summed E-state index contributed by atoms with van der Waals surface area (Å²) in [4.78, 5) is 16.3. The number of unbranched alkanes of at least 4 members (excludes halogenated alkanes) is 1. The molecule has 1 heterocycles. The van der Waals surface area contributed by atoms with E-state index < -0.39 is 0 Å². The van der Waals surface area contributed by atoms with Crippen LogP contribution < -0.4 is 0 Å². The highest BCUT2D eigenvalue weighted by Gasteiger charge is 2.12. The van der Waals surface area contributed by atoms with Crippen molar-refractivity contribution in [2.45, 2.75) is 52.2 Å². The number of thioether (sulfide) groups is 1. The fourth-order valence-corrected chi connectivity index (χ4v) is 3.21. The molecule has 0 radical (unpaired) electrons. The number of nitrogens with zero attached hydrogens (tertiary/aromatic N) is 1. The van der Waals surface area contributed by atoms with E-state index in [4.69, 9.17) is 4.42 Å². The van der Waals surface area contributed by atoms with E-state index in [1.165, 1.54) is 5.56 Å². The maximum absolute atomic E-state index is 11.7. The lowest BCUT2D eigenvalue weighted by Crippen LogP contribution is -2.01. The van der Waals surface area contributed by atoms with Crippen molar-refractivity contribution in [1.82, 2.24) is 4.98 Å². The Morgan fingerprint density at radius 1 is 1.22 bits per heavy atom. The first-order valence-electron chi connectivity index (χ1n) is 8.29. The lowest BCUT2D eigenvalue weighted by molar-refractivity contribution is -0.116. The molecule has 124 valence electrons. The minimum atomic E-state index is 0.327. The quantitative estimate of drug-likeness (QED) is 0.633. The fraction of sp³-hybridized carbons (Fsp3) is 0.474. The van der Waals surface area contributed by atoms with Crippen LogP contribution in [0.4, 0.5) is 0 Å². The van der Waals surface area contributed by atoms with Gasteiger partial charge >= 0.3 is 0 Å². The van der Waals surface area contributed by atoms with Gasteiger partial charge in [-0.15, -0.1) is 11.8 Å². The second kappa shape index (κ2) is 8.92. The zero-order valence-electron chi connectivity index (χ0n) is 14.2. The van der Waals surface area contributed by atoms with Crippen LogP contribution in [0.2, 0.25) is 0 Å². The smallest absolute Gasteiger partial charge is 0.226 e. The summed E-state index contributed by atoms with van der Waals surface area (Å²) in [5.41, 5.74) is 3.24. The number of hydrogen-bond donors (Lipinski definition) is 0. The first kappa shape index (κ1) is 17.8. The van der Waals surface area contributed by atoms with Crippen molar-refractivity contribution in [3.63, 3.8) is 0 Å². The van der Waals surface area contributed by atoms with Crippen molar-refractivity contribution in [2.75, 3.05) is 5.75 Å². The van der Waals surface area contributed by atoms with Crippen LogP contribution in [0.5, 0.6) is 0 Å². The number of ketones is 1. The van der Waals surface area contributed by atoms with Gasteiger partial charge in [-0.05, 0) is 37.5 Å². The fourth-order valence-electron chi connectivity index (χ4n) is 2.28. The Labute approximate surface area is 142 Å². The molecule has 0 aliphatic rings. The molecule has 2 aromatic rings. The third-order valence-electron chi connectivity index (χ3n) is 3.81. The number of Topliss-reactive ketones (excluding diaryl/α,β-unsaturated/α-hetero) is 1. The van der Waals surface area contributed by atoms with Crippen LogP contribution in [0.15, 0.2) is 28.7 Å². The normalized spacial score (nSPS) is 10.9. The second-order valence-corrected chi connectivity index (χ2v) is 6.69. The Kier molecular flexibility index (Phi) is 6.90. The molecule has 0 fully saturated rings. The summed E-state index contributed by atoms with van der Waals surface area (Å²) in [6.45, 7) is 6.18. The van der Waals surface area contributed by atoms with Gasteiger partial charge in [0.25, 0.3) is 0 Å². The van der Waals surface area contributed by atoms with Crippen LogP contribution >= 0.6 is 11.8 Å². The summed E-state index contributed by atoms with van der Waals surface area (Å²) in [6, 6.07) is 8.32. The van der Waals surface area contributed by atoms with Gasteiger partial charge in [-0.3, -0.25) is 4.79 Å². The Morgan fingerprint density at radius 3 is 2.61 bits per heavy atom. The zero-order chi connectivity index (χ0) is 16.7. The summed E-state index contributed by atoms with van der Waals surface area (Å²) in [5, 5.41) is 0. The van der Waals surface area contributed by atoms with Crippen LogP contribution in [-0.2, 0) is 17.0 Å². The van der Waals surface area contributed by atoms with E-state index in [0.29, 0.717) is 23.8 Å². The number of benzene rings is 1. The highest BCUT2D eigenvalue weighted by molar-refractivity contribution is 7.99. The number of rotatable bonds is 9. The van der Waals surface area contributed by atoms with Gasteiger partial charge in [0.1, 0.15) is 11.5 Å². The number of aromatic nitrogens is 1. The molecule has 0 saturated heterocycles. The molecule has 0 unspecified atom stereocenters. The van der Waals surface area contributed by atoms with Gasteiger partial charge in [-0.1, -0.05) is 32.4 Å². The predicted molar refractivity (Wildman–Crippen MR) is 96.7 cm³/mol. The molecule has 0 aliphatic heterocycles. The van der Waals surface area contributed by atoms with Crippen molar-refractivity contribution in [3.8, 4) is 11.5 Å². The van der Waals surface area contributed by atoms with E-state index in [1.807, 2.05) is 6.92 Å². The van der Waals surface area contributed by atoms with Gasteiger partial charge in [0.15, 0.2) is 0 Å². The highest BCUT2D eigenvalue weighted by atomic mass is 32.2. The van der Waals surface area contributed by atoms with E-state index in [2.05, 4.69) is 43.1 Å². The first-order valence-corrected chi connectivity index (χ1v) is 9.44. The molecular formula is C19H25NO2S. The maximum atomic E-state index is 11.7. The molecule has 0 amide bonds. The van der Waals surface area contributed by atoms with E-state index in [1.54, 1.807) is 11.8 Å². The standard InChI is InChI=1S/C19H25NO2S/c1-4-6-7-17(21)12-23-13-18-14(3)22-19(20-18)16-10-8-15(5-2)9-11-16/h8-11H,4-7,12-13H2,1-3H3. The first-order chi connectivity index (χ1) is 11.1.